The maximum atomic E-state index is 13.9. The molecule has 202 valence electrons. The van der Waals surface area contributed by atoms with Gasteiger partial charge in [-0.3, -0.25) is 29.0 Å². The van der Waals surface area contributed by atoms with Crippen LogP contribution in [-0.2, 0) is 19.2 Å². The zero-order chi connectivity index (χ0) is 28.0. The van der Waals surface area contributed by atoms with E-state index in [1.807, 2.05) is 6.08 Å². The molecule has 0 radical (unpaired) electrons. The second kappa shape index (κ2) is 8.81. The number of carbonyl (C=O) groups is 4. The predicted molar refractivity (Wildman–Crippen MR) is 147 cm³/mol. The van der Waals surface area contributed by atoms with E-state index in [4.69, 9.17) is 27.9 Å². The fourth-order valence-electron chi connectivity index (χ4n) is 6.89. The smallest absolute Gasteiger partial charge is 0.253 e. The van der Waals surface area contributed by atoms with Crippen molar-refractivity contribution in [3.63, 3.8) is 0 Å². The molecule has 2 aliphatic carbocycles. The summed E-state index contributed by atoms with van der Waals surface area (Å²) in [5, 5.41) is 11.3. The lowest BCUT2D eigenvalue weighted by atomic mass is 9.56. The topological polar surface area (TPSA) is 104 Å². The first-order chi connectivity index (χ1) is 18.5. The second-order valence-electron chi connectivity index (χ2n) is 10.4. The maximum Gasteiger partial charge on any atom is 0.253 e. The third-order valence-electron chi connectivity index (χ3n) is 8.63. The molecule has 6 rings (SSSR count). The lowest BCUT2D eigenvalue weighted by Gasteiger charge is -2.50. The number of allylic oxidation sites excluding steroid dienone is 2. The van der Waals surface area contributed by atoms with Gasteiger partial charge in [0.25, 0.3) is 11.8 Å². The normalized spacial score (nSPS) is 33.6. The average Bonchev–Trinajstić information content (AvgIpc) is 3.25. The van der Waals surface area contributed by atoms with Gasteiger partial charge in [-0.25, -0.2) is 0 Å². The molecule has 2 aromatic carbocycles. The molecule has 39 heavy (non-hydrogen) atoms. The molecular weight excluding hydrogens is 611 g/mol. The lowest BCUT2D eigenvalue weighted by molar-refractivity contribution is -0.138. The Morgan fingerprint density at radius 3 is 2.38 bits per heavy atom. The molecule has 8 nitrogen and oxygen atoms in total. The van der Waals surface area contributed by atoms with Gasteiger partial charge >= 0.3 is 0 Å². The van der Waals surface area contributed by atoms with Crippen molar-refractivity contribution >= 4 is 68.4 Å². The molecule has 0 aromatic heterocycles. The number of para-hydroxylation sites is 1. The number of fused-ring (bicyclic) bond motifs is 4. The van der Waals surface area contributed by atoms with Gasteiger partial charge in [0.05, 0.1) is 24.6 Å². The van der Waals surface area contributed by atoms with Gasteiger partial charge in [0, 0.05) is 23.0 Å². The number of likely N-dealkylation sites (tertiary alicyclic amines) is 1. The molecule has 1 N–H and O–H groups in total. The van der Waals surface area contributed by atoms with E-state index in [1.54, 1.807) is 42.5 Å². The Morgan fingerprint density at radius 1 is 1.03 bits per heavy atom. The van der Waals surface area contributed by atoms with Crippen molar-refractivity contribution in [3.05, 3.63) is 64.1 Å². The fraction of sp³-hybridized carbons (Fsp3) is 0.357. The van der Waals surface area contributed by atoms with E-state index in [0.29, 0.717) is 15.7 Å². The van der Waals surface area contributed by atoms with Gasteiger partial charge in [0.1, 0.15) is 0 Å². The van der Waals surface area contributed by atoms with Crippen LogP contribution in [0.4, 0.5) is 5.69 Å². The number of alkyl halides is 2. The van der Waals surface area contributed by atoms with Gasteiger partial charge < -0.3 is 9.84 Å². The average molecular weight is 634 g/mol. The maximum absolute atomic E-state index is 13.9. The molecule has 6 atom stereocenters. The summed E-state index contributed by atoms with van der Waals surface area (Å²) in [4.78, 5) is 52.8. The highest BCUT2D eigenvalue weighted by molar-refractivity contribution is 9.10. The minimum Gasteiger partial charge on any atom is -0.504 e. The molecule has 0 bridgehead atoms. The number of imide groups is 2. The Labute approximate surface area is 242 Å². The molecule has 4 aliphatic rings. The number of methoxy groups -OCH3 is 1. The minimum absolute atomic E-state index is 0.121. The molecule has 0 unspecified atom stereocenters. The van der Waals surface area contributed by atoms with Crippen LogP contribution in [0.15, 0.2) is 58.6 Å². The van der Waals surface area contributed by atoms with Crippen LogP contribution in [0, 0.1) is 17.8 Å². The summed E-state index contributed by atoms with van der Waals surface area (Å²) in [6.07, 6.45) is 1.93. The summed E-state index contributed by atoms with van der Waals surface area (Å²) in [7, 11) is 2.71. The molecule has 3 fully saturated rings. The molecule has 2 heterocycles. The largest absolute Gasteiger partial charge is 0.504 e. The van der Waals surface area contributed by atoms with Gasteiger partial charge in [-0.2, -0.15) is 0 Å². The zero-order valence-corrected chi connectivity index (χ0v) is 24.0. The van der Waals surface area contributed by atoms with Crippen LogP contribution in [0.2, 0.25) is 0 Å². The number of anilines is 1. The first-order valence-electron chi connectivity index (χ1n) is 12.4. The number of carbonyl (C=O) groups excluding carboxylic acids is 4. The van der Waals surface area contributed by atoms with Crippen LogP contribution in [0.1, 0.15) is 24.3 Å². The van der Waals surface area contributed by atoms with Crippen molar-refractivity contribution in [1.29, 1.82) is 0 Å². The van der Waals surface area contributed by atoms with Crippen molar-refractivity contribution in [2.45, 2.75) is 28.5 Å². The van der Waals surface area contributed by atoms with Crippen molar-refractivity contribution in [1.82, 2.24) is 4.90 Å². The van der Waals surface area contributed by atoms with E-state index in [-0.39, 0.29) is 35.8 Å². The molecule has 2 aromatic rings. The van der Waals surface area contributed by atoms with Crippen molar-refractivity contribution in [2.24, 2.45) is 17.8 Å². The van der Waals surface area contributed by atoms with Crippen LogP contribution >= 0.6 is 39.1 Å². The summed E-state index contributed by atoms with van der Waals surface area (Å²) >= 11 is 17.7. The van der Waals surface area contributed by atoms with Crippen LogP contribution < -0.4 is 9.64 Å². The van der Waals surface area contributed by atoms with Gasteiger partial charge in [0.15, 0.2) is 21.2 Å². The summed E-state index contributed by atoms with van der Waals surface area (Å²) < 4.78 is 5.89. The van der Waals surface area contributed by atoms with Gasteiger partial charge in [-0.1, -0.05) is 45.8 Å². The SMILES string of the molecule is COc1cc(Br)cc([C@H]2C3=CC[C@@H]4C(=O)N(c5ccccc5)C(=O)[C@@H]4[C@@H]3C[C@@]3(Cl)C(=O)N(C)C(=O)[C@@]23Cl)c1O. The highest BCUT2D eigenvalue weighted by Gasteiger charge is 2.76. The molecule has 2 saturated heterocycles. The monoisotopic (exact) mass is 632 g/mol. The summed E-state index contributed by atoms with van der Waals surface area (Å²) in [5.41, 5.74) is 1.28. The van der Waals surface area contributed by atoms with Crippen LogP contribution in [-0.4, -0.2) is 57.5 Å². The number of hydrogen-bond acceptors (Lipinski definition) is 6. The number of phenols is 1. The molecule has 4 amide bonds. The number of halogens is 3. The lowest BCUT2D eigenvalue weighted by Crippen LogP contribution is -2.60. The Morgan fingerprint density at radius 2 is 1.72 bits per heavy atom. The number of amides is 4. The number of benzene rings is 2. The molecule has 0 spiro atoms. The van der Waals surface area contributed by atoms with E-state index < -0.39 is 51.1 Å². The molecule has 11 heteroatoms. The zero-order valence-electron chi connectivity index (χ0n) is 20.9. The first kappa shape index (κ1) is 26.3. The molecule has 2 aliphatic heterocycles. The van der Waals surface area contributed by atoms with E-state index in [0.717, 1.165) is 4.90 Å². The molecule has 1 saturated carbocycles. The predicted octanol–water partition coefficient (Wildman–Crippen LogP) is 4.36. The summed E-state index contributed by atoms with van der Waals surface area (Å²) in [6.45, 7) is 0. The van der Waals surface area contributed by atoms with Gasteiger partial charge in [0.2, 0.25) is 11.8 Å². The number of phenolic OH excluding ortho intramolecular Hbond substituents is 1. The Balaban J connectivity index is 1.56. The van der Waals surface area contributed by atoms with E-state index in [2.05, 4.69) is 15.9 Å². The Bertz CT molecular complexity index is 1500. The summed E-state index contributed by atoms with van der Waals surface area (Å²) in [6, 6.07) is 11.8. The molecular formula is C28H23BrCl2N2O6. The standard InChI is InChI=1S/C28H23BrCl2N2O6/c1-32-25(37)27(30)12-18-15(8-9-16-20(18)24(36)33(23(16)35)14-6-4-3-5-7-14)21(28(27,31)26(32)38)17-10-13(29)11-19(39-2)22(17)34/h3-8,10-11,16,18,20-21,34H,9,12H2,1-2H3/t16-,18+,20-,21+,27+,28-/m0/s1. The highest BCUT2D eigenvalue weighted by atomic mass is 79.9. The van der Waals surface area contributed by atoms with Crippen molar-refractivity contribution in [2.75, 3.05) is 19.1 Å². The number of nitrogens with zero attached hydrogens (tertiary/aromatic N) is 2. The highest BCUT2D eigenvalue weighted by Crippen LogP contribution is 2.66. The second-order valence-corrected chi connectivity index (χ2v) is 12.5. The van der Waals surface area contributed by atoms with Gasteiger partial charge in [-0.05, 0) is 43.0 Å². The van der Waals surface area contributed by atoms with Crippen molar-refractivity contribution < 1.29 is 29.0 Å². The summed E-state index contributed by atoms with van der Waals surface area (Å²) in [5.74, 6) is -5.49. The van der Waals surface area contributed by atoms with Crippen molar-refractivity contribution in [3.8, 4) is 11.5 Å². The van der Waals surface area contributed by atoms with E-state index in [9.17, 15) is 24.3 Å². The number of ether oxygens (including phenoxy) is 1. The number of rotatable bonds is 3. The van der Waals surface area contributed by atoms with Crippen LogP contribution in [0.3, 0.4) is 0 Å². The third-order valence-corrected chi connectivity index (χ3v) is 10.5. The van der Waals surface area contributed by atoms with Crippen LogP contribution in [0.5, 0.6) is 11.5 Å². The van der Waals surface area contributed by atoms with Gasteiger partial charge in [-0.15, -0.1) is 23.2 Å². The Kier molecular flexibility index (Phi) is 5.95. The third kappa shape index (κ3) is 3.30. The number of aromatic hydroxyl groups is 1. The quantitative estimate of drug-likeness (QED) is 0.306. The van der Waals surface area contributed by atoms with E-state index in [1.165, 1.54) is 19.1 Å². The van der Waals surface area contributed by atoms with E-state index >= 15 is 0 Å². The Hall–Kier alpha value is -2.88. The first-order valence-corrected chi connectivity index (χ1v) is 13.9. The van der Waals surface area contributed by atoms with Crippen LogP contribution in [0.25, 0.3) is 0 Å². The minimum atomic E-state index is -2.00. The number of hydrogen-bond donors (Lipinski definition) is 1. The fourth-order valence-corrected chi connectivity index (χ4v) is 8.36.